The Labute approximate surface area is 130 Å². The van der Waals surface area contributed by atoms with Crippen molar-refractivity contribution in [1.82, 2.24) is 10.6 Å². The number of amides is 2. The maximum absolute atomic E-state index is 11.7. The molecular weight excluding hydrogens is 284 g/mol. The summed E-state index contributed by atoms with van der Waals surface area (Å²) in [6.45, 7) is 0.896. The Morgan fingerprint density at radius 1 is 0.955 bits per heavy atom. The van der Waals surface area contributed by atoms with Crippen LogP contribution in [0.1, 0.15) is 36.0 Å². The molecule has 6 heteroatoms. The summed E-state index contributed by atoms with van der Waals surface area (Å²) in [7, 11) is 1.34. The maximum atomic E-state index is 11.7. The van der Waals surface area contributed by atoms with Crippen LogP contribution < -0.4 is 10.6 Å². The predicted molar refractivity (Wildman–Crippen MR) is 82.3 cm³/mol. The number of esters is 1. The van der Waals surface area contributed by atoms with Gasteiger partial charge in [0.1, 0.15) is 0 Å². The fourth-order valence-corrected chi connectivity index (χ4v) is 1.79. The molecular formula is C16H22N2O4. The summed E-state index contributed by atoms with van der Waals surface area (Å²) >= 11 is 0. The van der Waals surface area contributed by atoms with E-state index in [2.05, 4.69) is 15.4 Å². The highest BCUT2D eigenvalue weighted by Crippen LogP contribution is 1.98. The van der Waals surface area contributed by atoms with E-state index in [0.29, 0.717) is 44.3 Å². The number of methoxy groups -OCH3 is 1. The molecule has 0 unspecified atom stereocenters. The minimum atomic E-state index is -0.280. The third-order valence-electron chi connectivity index (χ3n) is 3.01. The molecule has 0 aliphatic carbocycles. The first-order valence-corrected chi connectivity index (χ1v) is 7.30. The molecule has 2 N–H and O–H groups in total. The molecule has 0 saturated carbocycles. The summed E-state index contributed by atoms with van der Waals surface area (Å²) in [6, 6.07) is 8.93. The van der Waals surface area contributed by atoms with Crippen molar-refractivity contribution in [3.8, 4) is 0 Å². The van der Waals surface area contributed by atoms with E-state index < -0.39 is 0 Å². The summed E-state index contributed by atoms with van der Waals surface area (Å²) in [4.78, 5) is 34.1. The van der Waals surface area contributed by atoms with Gasteiger partial charge in [-0.2, -0.15) is 0 Å². The largest absolute Gasteiger partial charge is 0.469 e. The van der Waals surface area contributed by atoms with E-state index in [-0.39, 0.29) is 17.8 Å². The fourth-order valence-electron chi connectivity index (χ4n) is 1.79. The van der Waals surface area contributed by atoms with Gasteiger partial charge in [0.25, 0.3) is 5.91 Å². The lowest BCUT2D eigenvalue weighted by molar-refractivity contribution is -0.140. The average Bonchev–Trinajstić information content (AvgIpc) is 2.55. The summed E-state index contributed by atoms with van der Waals surface area (Å²) in [5.41, 5.74) is 0.606. The number of carbonyl (C=O) groups excluding carboxylic acids is 3. The Balaban J connectivity index is 2.05. The highest BCUT2D eigenvalue weighted by Gasteiger charge is 2.05. The molecule has 0 aliphatic rings. The van der Waals surface area contributed by atoms with Gasteiger partial charge >= 0.3 is 5.97 Å². The van der Waals surface area contributed by atoms with Crippen LogP contribution in [0.15, 0.2) is 30.3 Å². The molecule has 22 heavy (non-hydrogen) atoms. The monoisotopic (exact) mass is 306 g/mol. The zero-order valence-corrected chi connectivity index (χ0v) is 12.8. The van der Waals surface area contributed by atoms with Crippen LogP contribution in [0.2, 0.25) is 0 Å². The first kappa shape index (κ1) is 17.7. The Kier molecular flexibility index (Phi) is 8.33. The maximum Gasteiger partial charge on any atom is 0.305 e. The van der Waals surface area contributed by atoms with Crippen molar-refractivity contribution >= 4 is 17.8 Å². The highest BCUT2D eigenvalue weighted by atomic mass is 16.5. The number of hydrogen-bond acceptors (Lipinski definition) is 4. The molecule has 0 aromatic heterocycles. The van der Waals surface area contributed by atoms with Crippen LogP contribution in [-0.4, -0.2) is 38.0 Å². The van der Waals surface area contributed by atoms with Gasteiger partial charge in [0.05, 0.1) is 7.11 Å². The standard InChI is InChI=1S/C16H22N2O4/c1-22-15(20)10-6-11-17-14(19)9-5-12-18-16(21)13-7-3-2-4-8-13/h2-4,7-8H,5-6,9-12H2,1H3,(H,17,19)(H,18,21). The zero-order valence-electron chi connectivity index (χ0n) is 12.8. The minimum absolute atomic E-state index is 0.0844. The number of hydrogen-bond donors (Lipinski definition) is 2. The molecule has 120 valence electrons. The number of rotatable bonds is 9. The molecule has 6 nitrogen and oxygen atoms in total. The molecule has 2 amide bonds. The van der Waals surface area contributed by atoms with Gasteiger partial charge in [0, 0.05) is 31.5 Å². The SMILES string of the molecule is COC(=O)CCCNC(=O)CCCNC(=O)c1ccccc1. The molecule has 0 radical (unpaired) electrons. The van der Waals surface area contributed by atoms with Crippen LogP contribution in [0.4, 0.5) is 0 Å². The van der Waals surface area contributed by atoms with Gasteiger partial charge in [-0.3, -0.25) is 14.4 Å². The topological polar surface area (TPSA) is 84.5 Å². The molecule has 0 saturated heterocycles. The third-order valence-corrected chi connectivity index (χ3v) is 3.01. The van der Waals surface area contributed by atoms with E-state index >= 15 is 0 Å². The van der Waals surface area contributed by atoms with Crippen molar-refractivity contribution in [3.63, 3.8) is 0 Å². The lowest BCUT2D eigenvalue weighted by atomic mass is 10.2. The summed E-state index contributed by atoms with van der Waals surface area (Å²) in [5, 5.41) is 5.49. The van der Waals surface area contributed by atoms with Crippen LogP contribution >= 0.6 is 0 Å². The molecule has 0 aliphatic heterocycles. The number of carbonyl (C=O) groups is 3. The second kappa shape index (κ2) is 10.4. The molecule has 0 bridgehead atoms. The average molecular weight is 306 g/mol. The first-order chi connectivity index (χ1) is 10.6. The van der Waals surface area contributed by atoms with Crippen molar-refractivity contribution in [1.29, 1.82) is 0 Å². The van der Waals surface area contributed by atoms with E-state index in [9.17, 15) is 14.4 Å². The van der Waals surface area contributed by atoms with Gasteiger partial charge in [-0.15, -0.1) is 0 Å². The molecule has 0 fully saturated rings. The molecule has 1 aromatic carbocycles. The van der Waals surface area contributed by atoms with E-state index in [0.717, 1.165) is 0 Å². The predicted octanol–water partition coefficient (Wildman–Crippen LogP) is 1.27. The van der Waals surface area contributed by atoms with Crippen LogP contribution in [0.5, 0.6) is 0 Å². The van der Waals surface area contributed by atoms with Crippen LogP contribution in [0.25, 0.3) is 0 Å². The molecule has 1 aromatic rings. The highest BCUT2D eigenvalue weighted by molar-refractivity contribution is 5.94. The Hall–Kier alpha value is -2.37. The molecule has 1 rings (SSSR count). The Bertz CT molecular complexity index is 488. The molecule has 0 spiro atoms. The van der Waals surface area contributed by atoms with Gasteiger partial charge < -0.3 is 15.4 Å². The van der Waals surface area contributed by atoms with Crippen LogP contribution in [0, 0.1) is 0 Å². The van der Waals surface area contributed by atoms with Gasteiger partial charge in [-0.05, 0) is 25.0 Å². The van der Waals surface area contributed by atoms with E-state index in [1.165, 1.54) is 7.11 Å². The lowest BCUT2D eigenvalue weighted by Gasteiger charge is -2.06. The van der Waals surface area contributed by atoms with Gasteiger partial charge in [-0.25, -0.2) is 0 Å². The second-order valence-electron chi connectivity index (χ2n) is 4.76. The van der Waals surface area contributed by atoms with E-state index in [4.69, 9.17) is 0 Å². The molecule has 0 heterocycles. The quantitative estimate of drug-likeness (QED) is 0.531. The van der Waals surface area contributed by atoms with Gasteiger partial charge in [-0.1, -0.05) is 18.2 Å². The lowest BCUT2D eigenvalue weighted by Crippen LogP contribution is -2.28. The summed E-state index contributed by atoms with van der Waals surface area (Å²) in [5.74, 6) is -0.504. The number of nitrogens with one attached hydrogen (secondary N) is 2. The summed E-state index contributed by atoms with van der Waals surface area (Å²) < 4.78 is 4.50. The Morgan fingerprint density at radius 2 is 1.59 bits per heavy atom. The molecule has 0 atom stereocenters. The number of benzene rings is 1. The van der Waals surface area contributed by atoms with E-state index in [1.54, 1.807) is 24.3 Å². The van der Waals surface area contributed by atoms with Crippen LogP contribution in [-0.2, 0) is 14.3 Å². The van der Waals surface area contributed by atoms with Gasteiger partial charge in [0.15, 0.2) is 0 Å². The van der Waals surface area contributed by atoms with Gasteiger partial charge in [0.2, 0.25) is 5.91 Å². The van der Waals surface area contributed by atoms with Crippen molar-refractivity contribution in [3.05, 3.63) is 35.9 Å². The van der Waals surface area contributed by atoms with Crippen molar-refractivity contribution in [2.45, 2.75) is 25.7 Å². The van der Waals surface area contributed by atoms with Crippen molar-refractivity contribution < 1.29 is 19.1 Å². The number of ether oxygens (including phenoxy) is 1. The minimum Gasteiger partial charge on any atom is -0.469 e. The fraction of sp³-hybridized carbons (Fsp3) is 0.438. The van der Waals surface area contributed by atoms with E-state index in [1.807, 2.05) is 6.07 Å². The smallest absolute Gasteiger partial charge is 0.305 e. The van der Waals surface area contributed by atoms with Crippen molar-refractivity contribution in [2.24, 2.45) is 0 Å². The zero-order chi connectivity index (χ0) is 16.2. The first-order valence-electron chi connectivity index (χ1n) is 7.30. The summed E-state index contributed by atoms with van der Waals surface area (Å²) in [6.07, 6.45) is 1.77. The Morgan fingerprint density at radius 3 is 2.27 bits per heavy atom. The van der Waals surface area contributed by atoms with Crippen molar-refractivity contribution in [2.75, 3.05) is 20.2 Å². The normalized spacial score (nSPS) is 9.86. The third kappa shape index (κ3) is 7.42. The second-order valence-corrected chi connectivity index (χ2v) is 4.76. The van der Waals surface area contributed by atoms with Crippen LogP contribution in [0.3, 0.4) is 0 Å².